The number of hydrogen-bond acceptors (Lipinski definition) is 3. The van der Waals surface area contributed by atoms with E-state index in [1.54, 1.807) is 13.0 Å². The maximum atomic E-state index is 11.7. The summed E-state index contributed by atoms with van der Waals surface area (Å²) in [7, 11) is 0. The molecule has 1 N–H and O–H groups in total. The van der Waals surface area contributed by atoms with E-state index in [4.69, 9.17) is 0 Å². The molecule has 0 saturated carbocycles. The highest BCUT2D eigenvalue weighted by Crippen LogP contribution is 2.13. The highest BCUT2D eigenvalue weighted by Gasteiger charge is 2.03. The lowest BCUT2D eigenvalue weighted by Crippen LogP contribution is -2.31. The summed E-state index contributed by atoms with van der Waals surface area (Å²) >= 11 is 0. The second kappa shape index (κ2) is 6.65. The molecule has 0 aliphatic rings. The van der Waals surface area contributed by atoms with Crippen molar-refractivity contribution < 1.29 is 4.79 Å². The lowest BCUT2D eigenvalue weighted by Gasteiger charge is -2.08. The molecular formula is C15H17N3O2. The Kier molecular flexibility index (Phi) is 4.65. The molecule has 5 heteroatoms. The average Bonchev–Trinajstić information content (AvgIpc) is 2.49. The molecule has 1 aromatic heterocycles. The predicted octanol–water partition coefficient (Wildman–Crippen LogP) is 1.44. The van der Waals surface area contributed by atoms with Gasteiger partial charge in [0.05, 0.1) is 12.2 Å². The van der Waals surface area contributed by atoms with Gasteiger partial charge in [-0.05, 0) is 6.07 Å². The number of hydrogen-bond donors (Lipinski definition) is 1. The van der Waals surface area contributed by atoms with Gasteiger partial charge in [-0.2, -0.15) is 5.10 Å². The van der Waals surface area contributed by atoms with Gasteiger partial charge in [-0.15, -0.1) is 0 Å². The summed E-state index contributed by atoms with van der Waals surface area (Å²) in [6.45, 7) is 2.55. The minimum Gasteiger partial charge on any atom is -0.354 e. The third kappa shape index (κ3) is 3.54. The number of nitrogens with one attached hydrogen (secondary N) is 1. The first-order chi connectivity index (χ1) is 9.70. The van der Waals surface area contributed by atoms with Gasteiger partial charge in [0, 0.05) is 24.6 Å². The highest BCUT2D eigenvalue weighted by molar-refractivity contribution is 5.75. The van der Waals surface area contributed by atoms with E-state index >= 15 is 0 Å². The predicted molar refractivity (Wildman–Crippen MR) is 77.2 cm³/mol. The van der Waals surface area contributed by atoms with Gasteiger partial charge in [-0.25, -0.2) is 4.68 Å². The van der Waals surface area contributed by atoms with Crippen LogP contribution in [0, 0.1) is 0 Å². The first kappa shape index (κ1) is 14.0. The van der Waals surface area contributed by atoms with Crippen LogP contribution in [0.5, 0.6) is 0 Å². The van der Waals surface area contributed by atoms with Crippen LogP contribution in [0.1, 0.15) is 13.3 Å². The van der Waals surface area contributed by atoms with Crippen molar-refractivity contribution >= 4 is 5.91 Å². The topological polar surface area (TPSA) is 64.0 Å². The van der Waals surface area contributed by atoms with Crippen molar-refractivity contribution in [1.82, 2.24) is 15.1 Å². The van der Waals surface area contributed by atoms with Gasteiger partial charge in [0.2, 0.25) is 5.91 Å². The Balaban J connectivity index is 2.13. The maximum absolute atomic E-state index is 11.7. The van der Waals surface area contributed by atoms with Crippen LogP contribution in [0.3, 0.4) is 0 Å². The van der Waals surface area contributed by atoms with Crippen molar-refractivity contribution in [2.24, 2.45) is 0 Å². The zero-order valence-corrected chi connectivity index (χ0v) is 11.4. The van der Waals surface area contributed by atoms with Crippen molar-refractivity contribution in [2.75, 3.05) is 6.54 Å². The zero-order valence-electron chi connectivity index (χ0n) is 11.4. The molecule has 0 aliphatic carbocycles. The Morgan fingerprint density at radius 3 is 2.65 bits per heavy atom. The SMILES string of the molecule is CCC(=O)NCCn1nc(-c2ccccc2)ccc1=O. The van der Waals surface area contributed by atoms with Crippen LogP contribution in [0.15, 0.2) is 47.3 Å². The fraction of sp³-hybridized carbons (Fsp3) is 0.267. The molecule has 0 bridgehead atoms. The van der Waals surface area contributed by atoms with E-state index in [-0.39, 0.29) is 11.5 Å². The smallest absolute Gasteiger partial charge is 0.266 e. The summed E-state index contributed by atoms with van der Waals surface area (Å²) < 4.78 is 1.37. The molecule has 0 fully saturated rings. The van der Waals surface area contributed by atoms with Gasteiger partial charge in [0.25, 0.3) is 5.56 Å². The standard InChI is InChI=1S/C15H17N3O2/c1-2-14(19)16-10-11-18-15(20)9-8-13(17-18)12-6-4-3-5-7-12/h3-9H,2,10-11H2,1H3,(H,16,19). The molecule has 2 aromatic rings. The van der Waals surface area contributed by atoms with E-state index in [0.717, 1.165) is 11.3 Å². The molecule has 1 amide bonds. The van der Waals surface area contributed by atoms with Gasteiger partial charge in [-0.1, -0.05) is 37.3 Å². The maximum Gasteiger partial charge on any atom is 0.266 e. The molecule has 5 nitrogen and oxygen atoms in total. The Hall–Kier alpha value is -2.43. The fourth-order valence-electron chi connectivity index (χ4n) is 1.80. The molecule has 104 valence electrons. The molecule has 0 aliphatic heterocycles. The number of benzene rings is 1. The minimum absolute atomic E-state index is 0.0303. The van der Waals surface area contributed by atoms with Crippen LogP contribution in [-0.4, -0.2) is 22.2 Å². The van der Waals surface area contributed by atoms with Gasteiger partial charge in [-0.3, -0.25) is 9.59 Å². The van der Waals surface area contributed by atoms with E-state index in [1.807, 2.05) is 30.3 Å². The number of carbonyl (C=O) groups excluding carboxylic acids is 1. The number of rotatable bonds is 5. The quantitative estimate of drug-likeness (QED) is 0.895. The number of amides is 1. The van der Waals surface area contributed by atoms with Gasteiger partial charge in [0.1, 0.15) is 0 Å². The normalized spacial score (nSPS) is 10.2. The molecule has 20 heavy (non-hydrogen) atoms. The van der Waals surface area contributed by atoms with E-state index in [0.29, 0.717) is 19.5 Å². The minimum atomic E-state index is -0.171. The average molecular weight is 271 g/mol. The van der Waals surface area contributed by atoms with Crippen LogP contribution in [0.2, 0.25) is 0 Å². The lowest BCUT2D eigenvalue weighted by molar-refractivity contribution is -0.120. The monoisotopic (exact) mass is 271 g/mol. The first-order valence-electron chi connectivity index (χ1n) is 6.61. The lowest BCUT2D eigenvalue weighted by atomic mass is 10.1. The van der Waals surface area contributed by atoms with E-state index in [2.05, 4.69) is 10.4 Å². The van der Waals surface area contributed by atoms with E-state index in [1.165, 1.54) is 10.7 Å². The summed E-state index contributed by atoms with van der Waals surface area (Å²) in [6.07, 6.45) is 0.437. The van der Waals surface area contributed by atoms with Gasteiger partial charge in [0.15, 0.2) is 0 Å². The van der Waals surface area contributed by atoms with Crippen LogP contribution >= 0.6 is 0 Å². The molecule has 0 saturated heterocycles. The third-order valence-electron chi connectivity index (χ3n) is 2.90. The van der Waals surface area contributed by atoms with Crippen molar-refractivity contribution in [3.63, 3.8) is 0 Å². The molecule has 0 unspecified atom stereocenters. The number of aromatic nitrogens is 2. The fourth-order valence-corrected chi connectivity index (χ4v) is 1.80. The Bertz CT molecular complexity index is 635. The number of carbonyl (C=O) groups is 1. The van der Waals surface area contributed by atoms with Gasteiger partial charge >= 0.3 is 0 Å². The molecule has 0 spiro atoms. The number of nitrogens with zero attached hydrogens (tertiary/aromatic N) is 2. The third-order valence-corrected chi connectivity index (χ3v) is 2.90. The van der Waals surface area contributed by atoms with Crippen molar-refractivity contribution in [2.45, 2.75) is 19.9 Å². The summed E-state index contributed by atoms with van der Waals surface area (Å²) in [5.74, 6) is -0.0303. The van der Waals surface area contributed by atoms with Crippen LogP contribution in [0.4, 0.5) is 0 Å². The first-order valence-corrected chi connectivity index (χ1v) is 6.61. The van der Waals surface area contributed by atoms with Crippen LogP contribution < -0.4 is 10.9 Å². The summed E-state index contributed by atoms with van der Waals surface area (Å²) in [5.41, 5.74) is 1.53. The largest absolute Gasteiger partial charge is 0.354 e. The van der Waals surface area contributed by atoms with Gasteiger partial charge < -0.3 is 5.32 Å². The summed E-state index contributed by atoms with van der Waals surface area (Å²) in [6, 6.07) is 12.9. The second-order valence-electron chi connectivity index (χ2n) is 4.35. The molecule has 2 rings (SSSR count). The summed E-state index contributed by atoms with van der Waals surface area (Å²) in [5, 5.41) is 7.05. The molecule has 0 atom stereocenters. The Morgan fingerprint density at radius 1 is 1.20 bits per heavy atom. The van der Waals surface area contributed by atoms with Crippen LogP contribution in [-0.2, 0) is 11.3 Å². The molecule has 1 aromatic carbocycles. The van der Waals surface area contributed by atoms with Crippen molar-refractivity contribution in [1.29, 1.82) is 0 Å². The van der Waals surface area contributed by atoms with E-state index in [9.17, 15) is 9.59 Å². The molecule has 0 radical (unpaired) electrons. The summed E-state index contributed by atoms with van der Waals surface area (Å²) in [4.78, 5) is 22.9. The van der Waals surface area contributed by atoms with Crippen molar-refractivity contribution in [3.8, 4) is 11.3 Å². The van der Waals surface area contributed by atoms with E-state index < -0.39 is 0 Å². The second-order valence-corrected chi connectivity index (χ2v) is 4.35. The van der Waals surface area contributed by atoms with Crippen molar-refractivity contribution in [3.05, 3.63) is 52.8 Å². The zero-order chi connectivity index (χ0) is 14.4. The van der Waals surface area contributed by atoms with Crippen LogP contribution in [0.25, 0.3) is 11.3 Å². The Morgan fingerprint density at radius 2 is 1.95 bits per heavy atom. The molecular weight excluding hydrogens is 254 g/mol. The molecule has 1 heterocycles. The Labute approximate surface area is 117 Å². The highest BCUT2D eigenvalue weighted by atomic mass is 16.1.